The molecule has 2 aromatic carbocycles. The van der Waals surface area contributed by atoms with Gasteiger partial charge >= 0.3 is 12.1 Å². The highest BCUT2D eigenvalue weighted by molar-refractivity contribution is 7.89. The van der Waals surface area contributed by atoms with Gasteiger partial charge in [-0.2, -0.15) is 17.9 Å². The van der Waals surface area contributed by atoms with Crippen LogP contribution in [-0.4, -0.2) is 46.5 Å². The number of alkyl halides is 3. The van der Waals surface area contributed by atoms with Crippen molar-refractivity contribution in [3.63, 3.8) is 0 Å². The summed E-state index contributed by atoms with van der Waals surface area (Å²) in [6, 6.07) is 11.8. The standard InChI is InChI=1S/C21H25F3N2O5S/c1-4-31-19(27)20(21(22,23)24,25-14-13-16-7-9-17(30-3)10-8-16)26-32(28,29)18-11-5-15(2)6-12-18/h5-12,25-26H,4,13-14H2,1-3H3. The Hall–Kier alpha value is -2.63. The van der Waals surface area contributed by atoms with Crippen molar-refractivity contribution in [3.8, 4) is 5.75 Å². The van der Waals surface area contributed by atoms with Crippen LogP contribution in [0, 0.1) is 6.92 Å². The number of carbonyl (C=O) groups is 1. The van der Waals surface area contributed by atoms with Gasteiger partial charge in [-0.05, 0) is 50.1 Å². The lowest BCUT2D eigenvalue weighted by molar-refractivity contribution is -0.216. The van der Waals surface area contributed by atoms with Crippen LogP contribution in [0.15, 0.2) is 53.4 Å². The molecule has 2 rings (SSSR count). The van der Waals surface area contributed by atoms with E-state index in [-0.39, 0.29) is 19.6 Å². The largest absolute Gasteiger partial charge is 0.497 e. The van der Waals surface area contributed by atoms with Crippen molar-refractivity contribution < 1.29 is 35.9 Å². The van der Waals surface area contributed by atoms with Crippen LogP contribution < -0.4 is 14.8 Å². The molecule has 0 bridgehead atoms. The van der Waals surface area contributed by atoms with Crippen molar-refractivity contribution >= 4 is 16.0 Å². The number of halogens is 3. The summed E-state index contributed by atoms with van der Waals surface area (Å²) >= 11 is 0. The first-order chi connectivity index (χ1) is 14.9. The van der Waals surface area contributed by atoms with Gasteiger partial charge in [-0.1, -0.05) is 29.8 Å². The summed E-state index contributed by atoms with van der Waals surface area (Å²) in [5.41, 5.74) is -2.30. The van der Waals surface area contributed by atoms with Crippen LogP contribution in [0.5, 0.6) is 5.75 Å². The van der Waals surface area contributed by atoms with Gasteiger partial charge in [0, 0.05) is 6.54 Å². The molecule has 1 atom stereocenters. The van der Waals surface area contributed by atoms with Crippen LogP contribution in [-0.2, 0) is 26.0 Å². The van der Waals surface area contributed by atoms with E-state index < -0.39 is 32.7 Å². The zero-order valence-electron chi connectivity index (χ0n) is 17.8. The summed E-state index contributed by atoms with van der Waals surface area (Å²) in [5, 5.41) is 2.05. The molecule has 2 aromatic rings. The van der Waals surface area contributed by atoms with Gasteiger partial charge in [-0.25, -0.2) is 13.2 Å². The van der Waals surface area contributed by atoms with Crippen LogP contribution in [0.2, 0.25) is 0 Å². The minimum absolute atomic E-state index is 0.0769. The number of aryl methyl sites for hydroxylation is 1. The van der Waals surface area contributed by atoms with Crippen LogP contribution in [0.3, 0.4) is 0 Å². The number of sulfonamides is 1. The van der Waals surface area contributed by atoms with Gasteiger partial charge in [0.25, 0.3) is 5.66 Å². The quantitative estimate of drug-likeness (QED) is 0.406. The SMILES string of the molecule is CCOC(=O)C(NCCc1ccc(OC)cc1)(NS(=O)(=O)c1ccc(C)cc1)C(F)(F)F. The predicted octanol–water partition coefficient (Wildman–Crippen LogP) is 2.94. The summed E-state index contributed by atoms with van der Waals surface area (Å²) in [4.78, 5) is 12.0. The molecule has 11 heteroatoms. The number of rotatable bonds is 10. The second-order valence-electron chi connectivity index (χ2n) is 6.91. The minimum Gasteiger partial charge on any atom is -0.497 e. The Kier molecular flexibility index (Phi) is 8.27. The molecule has 0 saturated carbocycles. The Balaban J connectivity index is 2.36. The van der Waals surface area contributed by atoms with Gasteiger partial charge in [0.15, 0.2) is 0 Å². The molecule has 176 valence electrons. The van der Waals surface area contributed by atoms with Crippen molar-refractivity contribution in [2.45, 2.75) is 37.0 Å². The molecule has 0 saturated heterocycles. The van der Waals surface area contributed by atoms with E-state index in [1.165, 1.54) is 30.9 Å². The fraction of sp³-hybridized carbons (Fsp3) is 0.381. The number of benzene rings is 2. The molecule has 0 fully saturated rings. The van der Waals surface area contributed by atoms with Crippen LogP contribution >= 0.6 is 0 Å². The molecular formula is C21H25F3N2O5S. The Morgan fingerprint density at radius 1 is 1.03 bits per heavy atom. The molecule has 7 nitrogen and oxygen atoms in total. The van der Waals surface area contributed by atoms with E-state index in [1.54, 1.807) is 31.2 Å². The molecule has 0 heterocycles. The van der Waals surface area contributed by atoms with Crippen LogP contribution in [0.1, 0.15) is 18.1 Å². The van der Waals surface area contributed by atoms with Gasteiger partial charge in [-0.15, -0.1) is 0 Å². The van der Waals surface area contributed by atoms with Crippen LogP contribution in [0.25, 0.3) is 0 Å². The first kappa shape index (κ1) is 25.6. The summed E-state index contributed by atoms with van der Waals surface area (Å²) < 4.78 is 79.2. The van der Waals surface area contributed by atoms with Crippen molar-refractivity contribution in [3.05, 3.63) is 59.7 Å². The second kappa shape index (κ2) is 10.3. The van der Waals surface area contributed by atoms with Gasteiger partial charge in [0.1, 0.15) is 5.75 Å². The summed E-state index contributed by atoms with van der Waals surface area (Å²) in [6.45, 7) is 2.28. The van der Waals surface area contributed by atoms with Gasteiger partial charge in [0.2, 0.25) is 10.0 Å². The zero-order chi connectivity index (χ0) is 24.0. The number of hydrogen-bond donors (Lipinski definition) is 2. The molecule has 0 spiro atoms. The summed E-state index contributed by atoms with van der Waals surface area (Å²) in [5.74, 6) is -1.22. The molecule has 0 aliphatic rings. The van der Waals surface area contributed by atoms with E-state index in [9.17, 15) is 26.4 Å². The van der Waals surface area contributed by atoms with E-state index in [0.717, 1.165) is 12.1 Å². The smallest absolute Gasteiger partial charge is 0.432 e. The van der Waals surface area contributed by atoms with E-state index >= 15 is 0 Å². The lowest BCUT2D eigenvalue weighted by Crippen LogP contribution is -2.72. The highest BCUT2D eigenvalue weighted by atomic mass is 32.2. The molecule has 0 aliphatic heterocycles. The Bertz CT molecular complexity index is 1010. The first-order valence-electron chi connectivity index (χ1n) is 9.67. The molecule has 1 unspecified atom stereocenters. The van der Waals surface area contributed by atoms with Gasteiger partial charge in [0.05, 0.1) is 18.6 Å². The minimum atomic E-state index is -5.34. The normalized spacial score (nSPS) is 13.9. The van der Waals surface area contributed by atoms with Crippen molar-refractivity contribution in [2.75, 3.05) is 20.3 Å². The van der Waals surface area contributed by atoms with Gasteiger partial charge in [-0.3, -0.25) is 5.32 Å². The average Bonchev–Trinajstić information content (AvgIpc) is 2.73. The monoisotopic (exact) mass is 474 g/mol. The maximum absolute atomic E-state index is 14.2. The lowest BCUT2D eigenvalue weighted by Gasteiger charge is -2.34. The molecule has 2 N–H and O–H groups in total. The number of methoxy groups -OCH3 is 1. The number of hydrogen-bond acceptors (Lipinski definition) is 6. The average molecular weight is 475 g/mol. The third-order valence-electron chi connectivity index (χ3n) is 4.59. The highest BCUT2D eigenvalue weighted by Gasteiger charge is 2.64. The zero-order valence-corrected chi connectivity index (χ0v) is 18.6. The molecule has 0 amide bonds. The van der Waals surface area contributed by atoms with E-state index in [2.05, 4.69) is 10.1 Å². The molecule has 0 aliphatic carbocycles. The fourth-order valence-corrected chi connectivity index (χ4v) is 4.11. The topological polar surface area (TPSA) is 93.7 Å². The highest BCUT2D eigenvalue weighted by Crippen LogP contribution is 2.31. The summed E-state index contributed by atoms with van der Waals surface area (Å²) in [6.07, 6.45) is -5.26. The Labute approximate surface area is 185 Å². The van der Waals surface area contributed by atoms with E-state index in [1.807, 2.05) is 0 Å². The third kappa shape index (κ3) is 5.99. The first-order valence-corrected chi connectivity index (χ1v) is 11.2. The Morgan fingerprint density at radius 3 is 2.12 bits per heavy atom. The molecule has 0 aromatic heterocycles. The molecule has 0 radical (unpaired) electrons. The number of ether oxygens (including phenoxy) is 2. The second-order valence-corrected chi connectivity index (χ2v) is 8.59. The van der Waals surface area contributed by atoms with E-state index in [0.29, 0.717) is 16.9 Å². The van der Waals surface area contributed by atoms with Crippen molar-refractivity contribution in [1.29, 1.82) is 0 Å². The van der Waals surface area contributed by atoms with Crippen molar-refractivity contribution in [1.82, 2.24) is 10.0 Å². The van der Waals surface area contributed by atoms with Gasteiger partial charge < -0.3 is 9.47 Å². The molecular weight excluding hydrogens is 449 g/mol. The van der Waals surface area contributed by atoms with E-state index in [4.69, 9.17) is 4.74 Å². The van der Waals surface area contributed by atoms with Crippen LogP contribution in [0.4, 0.5) is 13.2 Å². The molecule has 32 heavy (non-hydrogen) atoms. The number of esters is 1. The number of nitrogens with one attached hydrogen (secondary N) is 2. The maximum Gasteiger partial charge on any atom is 0.432 e. The Morgan fingerprint density at radius 2 is 1.62 bits per heavy atom. The summed E-state index contributed by atoms with van der Waals surface area (Å²) in [7, 11) is -3.26. The van der Waals surface area contributed by atoms with Crippen molar-refractivity contribution in [2.24, 2.45) is 0 Å². The lowest BCUT2D eigenvalue weighted by atomic mass is 10.1. The maximum atomic E-state index is 14.2. The fourth-order valence-electron chi connectivity index (χ4n) is 2.83. The third-order valence-corrected chi connectivity index (χ3v) is 6.06. The number of carbonyl (C=O) groups excluding carboxylic acids is 1. The predicted molar refractivity (Wildman–Crippen MR) is 112 cm³/mol.